The van der Waals surface area contributed by atoms with Crippen molar-refractivity contribution in [3.63, 3.8) is 0 Å². The van der Waals surface area contributed by atoms with Gasteiger partial charge in [0.25, 0.3) is 5.91 Å². The van der Waals surface area contributed by atoms with Gasteiger partial charge in [-0.1, -0.05) is 48.9 Å². The summed E-state index contributed by atoms with van der Waals surface area (Å²) in [6.07, 6.45) is 2.72. The maximum absolute atomic E-state index is 13.7. The van der Waals surface area contributed by atoms with Crippen LogP contribution in [0.2, 0.25) is 5.02 Å². The fourth-order valence-electron chi connectivity index (χ4n) is 4.57. The highest BCUT2D eigenvalue weighted by Crippen LogP contribution is 2.40. The molecule has 2 aromatic heterocycles. The number of nitrogens with one attached hydrogen (secondary N) is 1. The van der Waals surface area contributed by atoms with E-state index in [0.717, 1.165) is 35.3 Å². The van der Waals surface area contributed by atoms with Crippen LogP contribution in [0.15, 0.2) is 54.6 Å². The number of carbonyl (C=O) groups excluding carboxylic acids is 2. The van der Waals surface area contributed by atoms with Crippen LogP contribution in [0.4, 0.5) is 5.00 Å². The van der Waals surface area contributed by atoms with Crippen molar-refractivity contribution in [1.29, 1.82) is 0 Å². The van der Waals surface area contributed by atoms with Crippen molar-refractivity contribution in [2.24, 2.45) is 5.92 Å². The van der Waals surface area contributed by atoms with Gasteiger partial charge in [0.15, 0.2) is 0 Å². The number of benzene rings is 2. The van der Waals surface area contributed by atoms with Crippen LogP contribution in [0.25, 0.3) is 22.2 Å². The molecule has 1 aliphatic rings. The summed E-state index contributed by atoms with van der Waals surface area (Å²) in [5.74, 6) is -0.157. The SMILES string of the molecule is CCOC(=O)c1c(NC(=O)c2cc(-c3ccccc3)nc3ccc(Cl)cc23)sc2c1CC[C@@H](C)C2. The first-order chi connectivity index (χ1) is 16.9. The van der Waals surface area contributed by atoms with E-state index in [1.165, 1.54) is 11.3 Å². The third kappa shape index (κ3) is 4.68. The Hall–Kier alpha value is -3.22. The Morgan fingerprint density at radius 3 is 2.74 bits per heavy atom. The average molecular weight is 505 g/mol. The number of aromatic nitrogens is 1. The Morgan fingerprint density at radius 2 is 1.97 bits per heavy atom. The minimum absolute atomic E-state index is 0.279. The van der Waals surface area contributed by atoms with Gasteiger partial charge in [-0.05, 0) is 61.9 Å². The number of hydrogen-bond donors (Lipinski definition) is 1. The molecule has 4 aromatic rings. The molecule has 1 N–H and O–H groups in total. The fourth-order valence-corrected chi connectivity index (χ4v) is 6.14. The lowest BCUT2D eigenvalue weighted by Crippen LogP contribution is -2.17. The fraction of sp³-hybridized carbons (Fsp3) is 0.250. The number of pyridine rings is 1. The molecule has 5 nitrogen and oxygen atoms in total. The van der Waals surface area contributed by atoms with E-state index in [-0.39, 0.29) is 18.5 Å². The highest BCUT2D eigenvalue weighted by atomic mass is 35.5. The predicted molar refractivity (Wildman–Crippen MR) is 142 cm³/mol. The first-order valence-corrected chi connectivity index (χ1v) is 12.9. The smallest absolute Gasteiger partial charge is 0.341 e. The highest BCUT2D eigenvalue weighted by Gasteiger charge is 2.29. The minimum atomic E-state index is -0.387. The first kappa shape index (κ1) is 23.5. The molecule has 0 bridgehead atoms. The van der Waals surface area contributed by atoms with E-state index in [1.54, 1.807) is 25.1 Å². The maximum Gasteiger partial charge on any atom is 0.341 e. The van der Waals surface area contributed by atoms with Crippen LogP contribution in [0.1, 0.15) is 51.4 Å². The van der Waals surface area contributed by atoms with Crippen LogP contribution in [-0.4, -0.2) is 23.5 Å². The van der Waals surface area contributed by atoms with Crippen molar-refractivity contribution in [2.45, 2.75) is 33.1 Å². The van der Waals surface area contributed by atoms with Gasteiger partial charge < -0.3 is 10.1 Å². The molecule has 0 aliphatic heterocycles. The van der Waals surface area contributed by atoms with E-state index in [4.69, 9.17) is 21.3 Å². The number of esters is 1. The minimum Gasteiger partial charge on any atom is -0.462 e. The molecule has 1 amide bonds. The lowest BCUT2D eigenvalue weighted by atomic mass is 9.88. The molecule has 0 fully saturated rings. The third-order valence-corrected chi connectivity index (χ3v) is 7.71. The van der Waals surface area contributed by atoms with Crippen molar-refractivity contribution in [2.75, 3.05) is 11.9 Å². The first-order valence-electron chi connectivity index (χ1n) is 11.7. The summed E-state index contributed by atoms with van der Waals surface area (Å²) in [5.41, 5.74) is 4.22. The van der Waals surface area contributed by atoms with Gasteiger partial charge in [-0.25, -0.2) is 9.78 Å². The number of rotatable bonds is 5. The quantitative estimate of drug-likeness (QED) is 0.292. The summed E-state index contributed by atoms with van der Waals surface area (Å²) < 4.78 is 5.36. The van der Waals surface area contributed by atoms with E-state index in [9.17, 15) is 9.59 Å². The van der Waals surface area contributed by atoms with Gasteiger partial charge in [-0.3, -0.25) is 4.79 Å². The zero-order chi connectivity index (χ0) is 24.5. The normalized spacial score (nSPS) is 15.0. The van der Waals surface area contributed by atoms with Crippen molar-refractivity contribution in [3.8, 4) is 11.3 Å². The van der Waals surface area contributed by atoms with E-state index in [2.05, 4.69) is 12.2 Å². The largest absolute Gasteiger partial charge is 0.462 e. The molecular formula is C28H25ClN2O3S. The van der Waals surface area contributed by atoms with Gasteiger partial charge in [0.05, 0.1) is 28.9 Å². The standard InChI is InChI=1S/C28H25ClN2O3S/c1-3-34-28(33)25-19-11-9-16(2)13-24(19)35-27(25)31-26(32)21-15-23(17-7-5-4-6-8-17)30-22-12-10-18(29)14-20(21)22/h4-8,10,12,14-16H,3,9,11,13H2,1-2H3,(H,31,32)/t16-/m1/s1. The molecule has 0 saturated heterocycles. The second-order valence-electron chi connectivity index (χ2n) is 8.81. The van der Waals surface area contributed by atoms with E-state index < -0.39 is 0 Å². The average Bonchev–Trinajstić information content (AvgIpc) is 3.20. The molecular weight excluding hydrogens is 480 g/mol. The van der Waals surface area contributed by atoms with Crippen molar-refractivity contribution in [3.05, 3.63) is 81.2 Å². The number of amides is 1. The van der Waals surface area contributed by atoms with Gasteiger partial charge in [-0.15, -0.1) is 11.3 Å². The van der Waals surface area contributed by atoms with Gasteiger partial charge in [0, 0.05) is 20.8 Å². The monoisotopic (exact) mass is 504 g/mol. The Kier molecular flexibility index (Phi) is 6.58. The lowest BCUT2D eigenvalue weighted by Gasteiger charge is -2.18. The van der Waals surface area contributed by atoms with Gasteiger partial charge in [0.1, 0.15) is 5.00 Å². The van der Waals surface area contributed by atoms with Crippen LogP contribution in [0, 0.1) is 5.92 Å². The molecule has 178 valence electrons. The van der Waals surface area contributed by atoms with Crippen LogP contribution in [-0.2, 0) is 17.6 Å². The molecule has 1 atom stereocenters. The molecule has 2 heterocycles. The Bertz CT molecular complexity index is 1430. The highest BCUT2D eigenvalue weighted by molar-refractivity contribution is 7.17. The van der Waals surface area contributed by atoms with Crippen LogP contribution in [0.3, 0.4) is 0 Å². The summed E-state index contributed by atoms with van der Waals surface area (Å²) in [4.78, 5) is 32.5. The summed E-state index contributed by atoms with van der Waals surface area (Å²) >= 11 is 7.76. The molecule has 0 radical (unpaired) electrons. The summed E-state index contributed by atoms with van der Waals surface area (Å²) in [5, 5.41) is 4.76. The number of nitrogens with zero attached hydrogens (tertiary/aromatic N) is 1. The molecule has 0 unspecified atom stereocenters. The van der Waals surface area contributed by atoms with Crippen molar-refractivity contribution >= 4 is 50.7 Å². The Labute approximate surface area is 213 Å². The number of halogens is 1. The van der Waals surface area contributed by atoms with Crippen LogP contribution in [0.5, 0.6) is 0 Å². The zero-order valence-corrected chi connectivity index (χ0v) is 21.1. The second-order valence-corrected chi connectivity index (χ2v) is 10.4. The molecule has 7 heteroatoms. The van der Waals surface area contributed by atoms with Gasteiger partial charge in [-0.2, -0.15) is 0 Å². The van der Waals surface area contributed by atoms with E-state index in [1.807, 2.05) is 36.4 Å². The van der Waals surface area contributed by atoms with Gasteiger partial charge in [0.2, 0.25) is 0 Å². The molecule has 5 rings (SSSR count). The molecule has 0 saturated carbocycles. The number of ether oxygens (including phenoxy) is 1. The zero-order valence-electron chi connectivity index (χ0n) is 19.6. The maximum atomic E-state index is 13.7. The topological polar surface area (TPSA) is 68.3 Å². The summed E-state index contributed by atoms with van der Waals surface area (Å²) in [7, 11) is 0. The molecule has 35 heavy (non-hydrogen) atoms. The lowest BCUT2D eigenvalue weighted by molar-refractivity contribution is 0.0526. The molecule has 2 aromatic carbocycles. The Morgan fingerprint density at radius 1 is 1.17 bits per heavy atom. The number of hydrogen-bond acceptors (Lipinski definition) is 5. The van der Waals surface area contributed by atoms with Crippen molar-refractivity contribution in [1.82, 2.24) is 4.98 Å². The van der Waals surface area contributed by atoms with Crippen molar-refractivity contribution < 1.29 is 14.3 Å². The predicted octanol–water partition coefficient (Wildman–Crippen LogP) is 7.17. The Balaban J connectivity index is 1.60. The number of anilines is 1. The van der Waals surface area contributed by atoms with Crippen LogP contribution >= 0.6 is 22.9 Å². The second kappa shape index (κ2) is 9.80. The van der Waals surface area contributed by atoms with Gasteiger partial charge >= 0.3 is 5.97 Å². The number of thiophene rings is 1. The third-order valence-electron chi connectivity index (χ3n) is 6.30. The molecule has 0 spiro atoms. The number of fused-ring (bicyclic) bond motifs is 2. The molecule has 1 aliphatic carbocycles. The van der Waals surface area contributed by atoms with Crippen LogP contribution < -0.4 is 5.32 Å². The summed E-state index contributed by atoms with van der Waals surface area (Å²) in [6, 6.07) is 16.8. The van der Waals surface area contributed by atoms with E-state index >= 15 is 0 Å². The number of carbonyl (C=O) groups is 2. The summed E-state index contributed by atoms with van der Waals surface area (Å²) in [6.45, 7) is 4.28. The van der Waals surface area contributed by atoms with E-state index in [0.29, 0.717) is 43.7 Å².